The zero-order valence-electron chi connectivity index (χ0n) is 14.2. The van der Waals surface area contributed by atoms with Crippen LogP contribution < -0.4 is 19.5 Å². The molecule has 0 radical (unpaired) electrons. The number of hydrogen-bond donors (Lipinski definition) is 2. The van der Waals surface area contributed by atoms with Gasteiger partial charge in [0.2, 0.25) is 0 Å². The van der Waals surface area contributed by atoms with Crippen LogP contribution >= 0.6 is 23.2 Å². The summed E-state index contributed by atoms with van der Waals surface area (Å²) in [5.41, 5.74) is 1.03. The summed E-state index contributed by atoms with van der Waals surface area (Å²) in [6, 6.07) is 7.70. The third-order valence-corrected chi connectivity index (χ3v) is 6.29. The predicted molar refractivity (Wildman–Crippen MR) is 102 cm³/mol. The third-order valence-electron chi connectivity index (χ3n) is 4.15. The van der Waals surface area contributed by atoms with Gasteiger partial charge in [-0.05, 0) is 43.8 Å². The van der Waals surface area contributed by atoms with Gasteiger partial charge in [0, 0.05) is 11.6 Å². The lowest BCUT2D eigenvalue weighted by molar-refractivity contribution is 0.235. The Morgan fingerprint density at radius 1 is 1.19 bits per heavy atom. The van der Waals surface area contributed by atoms with Gasteiger partial charge in [0.15, 0.2) is 0 Å². The molecule has 26 heavy (non-hydrogen) atoms. The fraction of sp³-hybridized carbons (Fsp3) is 0.294. The van der Waals surface area contributed by atoms with Crippen LogP contribution in [0, 0.1) is 0 Å². The number of methoxy groups -OCH3 is 1. The number of fused-ring (bicyclic) bond motifs is 1. The molecule has 0 bridgehead atoms. The Balaban J connectivity index is 2.01. The second-order valence-corrected chi connectivity index (χ2v) is 8.27. The SMILES string of the molecule is CNC1COc2c(S(=O)(=O)Nc3ccc(Cl)c(Cl)c3)ccc(OC)c2C1. The van der Waals surface area contributed by atoms with Gasteiger partial charge in [-0.25, -0.2) is 8.42 Å². The highest BCUT2D eigenvalue weighted by Gasteiger charge is 2.30. The maximum absolute atomic E-state index is 12.9. The summed E-state index contributed by atoms with van der Waals surface area (Å²) in [4.78, 5) is 0.0499. The fourth-order valence-corrected chi connectivity index (χ4v) is 4.31. The van der Waals surface area contributed by atoms with Gasteiger partial charge < -0.3 is 14.8 Å². The van der Waals surface area contributed by atoms with Crippen LogP contribution in [0.2, 0.25) is 10.0 Å². The average molecular weight is 417 g/mol. The second-order valence-electron chi connectivity index (χ2n) is 5.81. The summed E-state index contributed by atoms with van der Waals surface area (Å²) >= 11 is 11.8. The molecule has 9 heteroatoms. The van der Waals surface area contributed by atoms with Crippen LogP contribution in [-0.4, -0.2) is 35.2 Å². The zero-order valence-corrected chi connectivity index (χ0v) is 16.5. The second kappa shape index (κ2) is 7.52. The molecule has 2 aromatic carbocycles. The Bertz CT molecular complexity index is 935. The van der Waals surface area contributed by atoms with Gasteiger partial charge in [-0.15, -0.1) is 0 Å². The number of benzene rings is 2. The summed E-state index contributed by atoms with van der Waals surface area (Å²) in [5.74, 6) is 0.900. The predicted octanol–water partition coefficient (Wildman–Crippen LogP) is 3.33. The Hall–Kier alpha value is -1.67. The lowest BCUT2D eigenvalue weighted by atomic mass is 10.0. The van der Waals surface area contributed by atoms with E-state index in [2.05, 4.69) is 10.0 Å². The van der Waals surface area contributed by atoms with Crippen molar-refractivity contribution in [2.45, 2.75) is 17.4 Å². The van der Waals surface area contributed by atoms with Crippen LogP contribution in [0.5, 0.6) is 11.5 Å². The van der Waals surface area contributed by atoms with E-state index in [1.807, 2.05) is 7.05 Å². The van der Waals surface area contributed by atoms with E-state index < -0.39 is 10.0 Å². The van der Waals surface area contributed by atoms with Crippen LogP contribution in [0.25, 0.3) is 0 Å². The first-order chi connectivity index (χ1) is 12.4. The molecule has 6 nitrogen and oxygen atoms in total. The monoisotopic (exact) mass is 416 g/mol. The number of ether oxygens (including phenoxy) is 2. The van der Waals surface area contributed by atoms with Crippen molar-refractivity contribution in [2.75, 3.05) is 25.5 Å². The van der Waals surface area contributed by atoms with Gasteiger partial charge in [0.25, 0.3) is 10.0 Å². The molecule has 2 aromatic rings. The highest BCUT2D eigenvalue weighted by molar-refractivity contribution is 7.92. The highest BCUT2D eigenvalue weighted by atomic mass is 35.5. The molecule has 1 atom stereocenters. The number of halogens is 2. The van der Waals surface area contributed by atoms with Crippen LogP contribution in [0.15, 0.2) is 35.2 Å². The van der Waals surface area contributed by atoms with Gasteiger partial charge in [0.1, 0.15) is 23.0 Å². The Kier molecular flexibility index (Phi) is 5.53. The molecule has 1 heterocycles. The summed E-state index contributed by atoms with van der Waals surface area (Å²) in [6.45, 7) is 0.367. The molecule has 0 saturated heterocycles. The number of anilines is 1. The first-order valence-corrected chi connectivity index (χ1v) is 10.1. The molecule has 3 rings (SSSR count). The van der Waals surface area contributed by atoms with Crippen molar-refractivity contribution < 1.29 is 17.9 Å². The van der Waals surface area contributed by atoms with Gasteiger partial charge in [-0.2, -0.15) is 0 Å². The molecule has 2 N–H and O–H groups in total. The van der Waals surface area contributed by atoms with E-state index in [4.69, 9.17) is 32.7 Å². The van der Waals surface area contributed by atoms with E-state index in [-0.39, 0.29) is 16.0 Å². The van der Waals surface area contributed by atoms with Crippen molar-refractivity contribution >= 4 is 38.9 Å². The third kappa shape index (κ3) is 3.71. The normalized spacial score (nSPS) is 16.5. The number of likely N-dealkylation sites (N-methyl/N-ethyl adjacent to an activating group) is 1. The molecule has 0 saturated carbocycles. The summed E-state index contributed by atoms with van der Waals surface area (Å²) in [7, 11) is -0.513. The van der Waals surface area contributed by atoms with E-state index in [0.29, 0.717) is 35.2 Å². The van der Waals surface area contributed by atoms with E-state index in [1.165, 1.54) is 18.2 Å². The first-order valence-electron chi connectivity index (χ1n) is 7.83. The number of hydrogen-bond acceptors (Lipinski definition) is 5. The van der Waals surface area contributed by atoms with Crippen molar-refractivity contribution in [3.8, 4) is 11.5 Å². The maximum atomic E-state index is 12.9. The van der Waals surface area contributed by atoms with Crippen LogP contribution in [0.3, 0.4) is 0 Å². The van der Waals surface area contributed by atoms with E-state index >= 15 is 0 Å². The van der Waals surface area contributed by atoms with Gasteiger partial charge in [-0.1, -0.05) is 23.2 Å². The van der Waals surface area contributed by atoms with Crippen molar-refractivity contribution in [2.24, 2.45) is 0 Å². The molecule has 0 aliphatic carbocycles. The summed E-state index contributed by atoms with van der Waals surface area (Å²) in [6.07, 6.45) is 0.602. The van der Waals surface area contributed by atoms with Crippen molar-refractivity contribution in [3.63, 3.8) is 0 Å². The Morgan fingerprint density at radius 3 is 2.62 bits per heavy atom. The fourth-order valence-electron chi connectivity index (χ4n) is 2.79. The molecule has 0 spiro atoms. The van der Waals surface area contributed by atoms with Crippen LogP contribution in [0.4, 0.5) is 5.69 Å². The maximum Gasteiger partial charge on any atom is 0.265 e. The van der Waals surface area contributed by atoms with E-state index in [0.717, 1.165) is 5.56 Å². The van der Waals surface area contributed by atoms with E-state index in [1.54, 1.807) is 19.2 Å². The van der Waals surface area contributed by atoms with E-state index in [9.17, 15) is 8.42 Å². The summed E-state index contributed by atoms with van der Waals surface area (Å²) < 4.78 is 39.4. The minimum absolute atomic E-state index is 0.0499. The molecule has 0 fully saturated rings. The standard InChI is InChI=1S/C17H18Cl2N2O4S/c1-20-11-7-12-15(24-2)5-6-16(17(12)25-9-11)26(22,23)21-10-3-4-13(18)14(19)8-10/h3-6,8,11,20-21H,7,9H2,1-2H3. The first kappa shape index (κ1) is 19.1. The van der Waals surface area contributed by atoms with Gasteiger partial charge >= 0.3 is 0 Å². The Morgan fingerprint density at radius 2 is 1.96 bits per heavy atom. The number of nitrogens with one attached hydrogen (secondary N) is 2. The lowest BCUT2D eigenvalue weighted by Crippen LogP contribution is -2.37. The number of rotatable bonds is 5. The minimum Gasteiger partial charge on any atom is -0.496 e. The number of sulfonamides is 1. The van der Waals surface area contributed by atoms with Gasteiger partial charge in [0.05, 0.1) is 22.8 Å². The molecule has 1 aliphatic heterocycles. The van der Waals surface area contributed by atoms with Crippen molar-refractivity contribution in [1.29, 1.82) is 0 Å². The largest absolute Gasteiger partial charge is 0.496 e. The Labute approximate surface area is 162 Å². The topological polar surface area (TPSA) is 76.7 Å². The lowest BCUT2D eigenvalue weighted by Gasteiger charge is -2.28. The molecule has 140 valence electrons. The van der Waals surface area contributed by atoms with Crippen LogP contribution in [-0.2, 0) is 16.4 Å². The highest BCUT2D eigenvalue weighted by Crippen LogP contribution is 2.39. The molecular weight excluding hydrogens is 399 g/mol. The van der Waals surface area contributed by atoms with Crippen LogP contribution in [0.1, 0.15) is 5.56 Å². The minimum atomic E-state index is -3.89. The van der Waals surface area contributed by atoms with Crippen molar-refractivity contribution in [3.05, 3.63) is 45.9 Å². The van der Waals surface area contributed by atoms with Gasteiger partial charge in [-0.3, -0.25) is 4.72 Å². The van der Waals surface area contributed by atoms with Crippen molar-refractivity contribution in [1.82, 2.24) is 5.32 Å². The molecular formula is C17H18Cl2N2O4S. The molecule has 1 aliphatic rings. The molecule has 0 amide bonds. The quantitative estimate of drug-likeness (QED) is 0.781. The molecule has 0 aromatic heterocycles. The zero-order chi connectivity index (χ0) is 18.9. The summed E-state index contributed by atoms with van der Waals surface area (Å²) in [5, 5.41) is 3.74. The smallest absolute Gasteiger partial charge is 0.265 e. The molecule has 1 unspecified atom stereocenters. The average Bonchev–Trinajstić information content (AvgIpc) is 2.63.